The largest absolute Gasteiger partial charge is 0.340 e. The zero-order chi connectivity index (χ0) is 16.7. The lowest BCUT2D eigenvalue weighted by molar-refractivity contribution is 0.0600. The standard InChI is InChI=1S/C18H21N5O/c1-12-13(11-22(2)21-12)18(24)23-10-6-5-9-16(23)17-19-14-7-3-4-8-15(14)20-17/h3-4,7-8,11,16H,5-6,9-10H2,1-2H3,(H,19,20)/t16-/m0/s1. The van der Waals surface area contributed by atoms with Crippen LogP contribution < -0.4 is 0 Å². The topological polar surface area (TPSA) is 66.8 Å². The third-order valence-corrected chi connectivity index (χ3v) is 4.73. The molecule has 6 heteroatoms. The number of aromatic nitrogens is 4. The highest BCUT2D eigenvalue weighted by Gasteiger charge is 2.32. The minimum atomic E-state index is -0.00161. The number of fused-ring (bicyclic) bond motifs is 1. The number of rotatable bonds is 2. The second kappa shape index (κ2) is 5.78. The van der Waals surface area contributed by atoms with Crippen LogP contribution in [0.5, 0.6) is 0 Å². The molecule has 0 aliphatic carbocycles. The van der Waals surface area contributed by atoms with Gasteiger partial charge in [-0.1, -0.05) is 12.1 Å². The van der Waals surface area contributed by atoms with Crippen molar-refractivity contribution in [3.05, 3.63) is 47.5 Å². The average Bonchev–Trinajstić information content (AvgIpc) is 3.17. The van der Waals surface area contributed by atoms with Crippen LogP contribution in [0.2, 0.25) is 0 Å². The lowest BCUT2D eigenvalue weighted by Gasteiger charge is -2.34. The second-order valence-electron chi connectivity index (χ2n) is 6.45. The van der Waals surface area contributed by atoms with E-state index in [9.17, 15) is 4.79 Å². The highest BCUT2D eigenvalue weighted by Crippen LogP contribution is 2.32. The van der Waals surface area contributed by atoms with Crippen LogP contribution in [0.1, 0.15) is 47.2 Å². The van der Waals surface area contributed by atoms with Gasteiger partial charge in [0.15, 0.2) is 0 Å². The first-order chi connectivity index (χ1) is 11.6. The number of aryl methyl sites for hydroxylation is 2. The van der Waals surface area contributed by atoms with Gasteiger partial charge in [0.1, 0.15) is 5.82 Å². The molecule has 1 N–H and O–H groups in total. The third-order valence-electron chi connectivity index (χ3n) is 4.73. The van der Waals surface area contributed by atoms with Gasteiger partial charge in [-0.25, -0.2) is 4.98 Å². The smallest absolute Gasteiger partial charge is 0.257 e. The maximum absolute atomic E-state index is 13.1. The van der Waals surface area contributed by atoms with Gasteiger partial charge >= 0.3 is 0 Å². The number of carbonyl (C=O) groups is 1. The lowest BCUT2D eigenvalue weighted by Crippen LogP contribution is -2.39. The molecule has 124 valence electrons. The highest BCUT2D eigenvalue weighted by atomic mass is 16.2. The number of H-pyrrole nitrogens is 1. The molecule has 1 fully saturated rings. The molecule has 1 aliphatic rings. The molecule has 1 amide bonds. The van der Waals surface area contributed by atoms with Crippen molar-refractivity contribution >= 4 is 16.9 Å². The van der Waals surface area contributed by atoms with E-state index in [1.807, 2.05) is 49.3 Å². The van der Waals surface area contributed by atoms with Crippen LogP contribution in [0.25, 0.3) is 11.0 Å². The average molecular weight is 323 g/mol. The van der Waals surface area contributed by atoms with E-state index >= 15 is 0 Å². The summed E-state index contributed by atoms with van der Waals surface area (Å²) in [6.45, 7) is 2.64. The van der Waals surface area contributed by atoms with Crippen molar-refractivity contribution < 1.29 is 4.79 Å². The first-order valence-electron chi connectivity index (χ1n) is 8.39. The molecule has 0 unspecified atom stereocenters. The molecule has 1 aromatic carbocycles. The Hall–Kier alpha value is -2.63. The summed E-state index contributed by atoms with van der Waals surface area (Å²) < 4.78 is 1.70. The van der Waals surface area contributed by atoms with Crippen LogP contribution >= 0.6 is 0 Å². The van der Waals surface area contributed by atoms with Gasteiger partial charge in [0.05, 0.1) is 28.3 Å². The van der Waals surface area contributed by atoms with Crippen molar-refractivity contribution in [1.82, 2.24) is 24.6 Å². The van der Waals surface area contributed by atoms with Crippen molar-refractivity contribution in [3.63, 3.8) is 0 Å². The molecule has 0 saturated carbocycles. The fraction of sp³-hybridized carbons (Fsp3) is 0.389. The first-order valence-corrected chi connectivity index (χ1v) is 8.39. The fourth-order valence-electron chi connectivity index (χ4n) is 3.55. The number of nitrogens with one attached hydrogen (secondary N) is 1. The number of nitrogens with zero attached hydrogens (tertiary/aromatic N) is 4. The number of likely N-dealkylation sites (tertiary alicyclic amines) is 1. The minimum Gasteiger partial charge on any atom is -0.340 e. The van der Waals surface area contributed by atoms with Crippen LogP contribution in [-0.2, 0) is 7.05 Å². The van der Waals surface area contributed by atoms with Crippen LogP contribution in [0.15, 0.2) is 30.5 Å². The van der Waals surface area contributed by atoms with Gasteiger partial charge in [-0.05, 0) is 38.3 Å². The van der Waals surface area contributed by atoms with Gasteiger partial charge in [0.25, 0.3) is 5.91 Å². The van der Waals surface area contributed by atoms with E-state index in [4.69, 9.17) is 4.98 Å². The van der Waals surface area contributed by atoms with E-state index in [-0.39, 0.29) is 11.9 Å². The molecule has 3 aromatic rings. The lowest BCUT2D eigenvalue weighted by atomic mass is 10.0. The predicted molar refractivity (Wildman–Crippen MR) is 91.7 cm³/mol. The fourth-order valence-corrected chi connectivity index (χ4v) is 3.55. The van der Waals surface area contributed by atoms with Gasteiger partial charge in [0, 0.05) is 19.8 Å². The van der Waals surface area contributed by atoms with Crippen molar-refractivity contribution in [2.75, 3.05) is 6.54 Å². The van der Waals surface area contributed by atoms with E-state index in [1.54, 1.807) is 4.68 Å². The number of hydrogen-bond acceptors (Lipinski definition) is 3. The SMILES string of the molecule is Cc1nn(C)cc1C(=O)N1CCCC[C@H]1c1nc2ccccc2[nH]1. The van der Waals surface area contributed by atoms with E-state index < -0.39 is 0 Å². The van der Waals surface area contributed by atoms with E-state index in [0.717, 1.165) is 48.4 Å². The van der Waals surface area contributed by atoms with Crippen LogP contribution in [-0.4, -0.2) is 37.1 Å². The molecule has 1 saturated heterocycles. The van der Waals surface area contributed by atoms with E-state index in [0.29, 0.717) is 5.56 Å². The Morgan fingerprint density at radius 3 is 2.88 bits per heavy atom. The number of para-hydroxylation sites is 2. The summed E-state index contributed by atoms with van der Waals surface area (Å²) in [5, 5.41) is 4.31. The molecular formula is C18H21N5O. The van der Waals surface area contributed by atoms with Crippen LogP contribution in [0.3, 0.4) is 0 Å². The highest BCUT2D eigenvalue weighted by molar-refractivity contribution is 5.95. The van der Waals surface area contributed by atoms with E-state index in [2.05, 4.69) is 10.1 Å². The molecular weight excluding hydrogens is 302 g/mol. The maximum atomic E-state index is 13.1. The number of amides is 1. The monoisotopic (exact) mass is 323 g/mol. The van der Waals surface area contributed by atoms with Crippen LogP contribution in [0.4, 0.5) is 0 Å². The molecule has 0 bridgehead atoms. The number of carbonyl (C=O) groups excluding carboxylic acids is 1. The van der Waals surface area contributed by atoms with Gasteiger partial charge in [-0.2, -0.15) is 5.10 Å². The number of imidazole rings is 1. The molecule has 0 spiro atoms. The Morgan fingerprint density at radius 2 is 2.12 bits per heavy atom. The Kier molecular flexibility index (Phi) is 3.59. The predicted octanol–water partition coefficient (Wildman–Crippen LogP) is 2.97. The molecule has 1 atom stereocenters. The molecule has 4 rings (SSSR count). The van der Waals surface area contributed by atoms with Crippen molar-refractivity contribution in [2.24, 2.45) is 7.05 Å². The molecule has 1 aliphatic heterocycles. The summed E-state index contributed by atoms with van der Waals surface area (Å²) in [5.41, 5.74) is 3.42. The Labute approximate surface area is 140 Å². The van der Waals surface area contributed by atoms with Crippen molar-refractivity contribution in [3.8, 4) is 0 Å². The molecule has 24 heavy (non-hydrogen) atoms. The first kappa shape index (κ1) is 14.9. The molecule has 6 nitrogen and oxygen atoms in total. The van der Waals surface area contributed by atoms with Crippen molar-refractivity contribution in [2.45, 2.75) is 32.2 Å². The summed E-state index contributed by atoms with van der Waals surface area (Å²) in [4.78, 5) is 23.1. The molecule has 0 radical (unpaired) electrons. The minimum absolute atomic E-state index is 0.00161. The molecule has 2 aromatic heterocycles. The summed E-state index contributed by atoms with van der Waals surface area (Å²) in [5.74, 6) is 0.927. The second-order valence-corrected chi connectivity index (χ2v) is 6.45. The number of hydrogen-bond donors (Lipinski definition) is 1. The van der Waals surface area contributed by atoms with Crippen LogP contribution in [0, 0.1) is 6.92 Å². The van der Waals surface area contributed by atoms with Gasteiger partial charge < -0.3 is 9.88 Å². The quantitative estimate of drug-likeness (QED) is 0.788. The Bertz CT molecular complexity index is 861. The normalized spacial score (nSPS) is 18.2. The number of piperidine rings is 1. The number of benzene rings is 1. The molecule has 3 heterocycles. The van der Waals surface area contributed by atoms with Crippen molar-refractivity contribution in [1.29, 1.82) is 0 Å². The summed E-state index contributed by atoms with van der Waals surface area (Å²) in [7, 11) is 1.84. The third kappa shape index (κ3) is 2.48. The summed E-state index contributed by atoms with van der Waals surface area (Å²) >= 11 is 0. The maximum Gasteiger partial charge on any atom is 0.257 e. The van der Waals surface area contributed by atoms with Gasteiger partial charge in [0.2, 0.25) is 0 Å². The Morgan fingerprint density at radius 1 is 1.29 bits per heavy atom. The van der Waals surface area contributed by atoms with Gasteiger partial charge in [-0.15, -0.1) is 0 Å². The zero-order valence-electron chi connectivity index (χ0n) is 14.0. The number of aromatic amines is 1. The van der Waals surface area contributed by atoms with E-state index in [1.165, 1.54) is 0 Å². The Balaban J connectivity index is 1.70. The summed E-state index contributed by atoms with van der Waals surface area (Å²) in [6, 6.07) is 7.99. The van der Waals surface area contributed by atoms with Gasteiger partial charge in [-0.3, -0.25) is 9.48 Å². The zero-order valence-corrected chi connectivity index (χ0v) is 14.0. The summed E-state index contributed by atoms with van der Waals surface area (Å²) in [6.07, 6.45) is 4.88.